The summed E-state index contributed by atoms with van der Waals surface area (Å²) in [4.78, 5) is 191. The maximum atomic E-state index is 15.5. The standard InChI is InChI=1S/C83H108N2O39/c1-17-101-79-76(115-53(14)97)73(68(113-51(12)95)61(118-79)39-104-46(7)90)122-78-64(85-43(4)87)70(121-80-75(108-36-57-31-25-20-26-32-57)72(107-35-56-29-23-19-24-30-56)65(41(2)109-80)106-34-55-27-21-18-22-28-55)66(60(117-78)38-103-45(6)89)120-81-77(116-54(15)98)74(69(114-52(13)96)62(119-81)40-105-47(8)91)124-83(82(99)100-16)33-58(110-48(9)92)63(84-42(3)86)71(123-83)67(112-50(11)94)59(111-49(10)93)37-102-44(5)88/h18-32,41,58-81H,17,33-40H2,1-16H3,(H,84,86)(H,85,87)/t41-,58-,59+,60+,61+,62+,63+,64+,65+,66+,67+,68-,69-,70+,71+,72+,73-,74-,75-,76+,77+,78-,79+,80-,81-,83-/m0/s1. The average molecular weight is 1760 g/mol. The van der Waals surface area contributed by atoms with Gasteiger partial charge >= 0.3 is 71.6 Å². The molecule has 124 heavy (non-hydrogen) atoms. The van der Waals surface area contributed by atoms with E-state index in [1.165, 1.54) is 0 Å². The van der Waals surface area contributed by atoms with Crippen molar-refractivity contribution in [2.45, 2.75) is 289 Å². The molecule has 5 heterocycles. The zero-order valence-electron chi connectivity index (χ0n) is 71.4. The van der Waals surface area contributed by atoms with E-state index < -0.39 is 275 Å². The van der Waals surface area contributed by atoms with E-state index in [0.717, 1.165) is 103 Å². The number of hydrogen-bond donors (Lipinski definition) is 2. The first-order chi connectivity index (χ1) is 58.9. The third kappa shape index (κ3) is 28.6. The highest BCUT2D eigenvalue weighted by atomic mass is 16.8. The Morgan fingerprint density at radius 1 is 0.395 bits per heavy atom. The van der Waals surface area contributed by atoms with Gasteiger partial charge in [-0.15, -0.1) is 0 Å². The van der Waals surface area contributed by atoms with Crippen LogP contribution in [0.5, 0.6) is 0 Å². The molecule has 0 bridgehead atoms. The molecule has 684 valence electrons. The van der Waals surface area contributed by atoms with Crippen LogP contribution in [0.1, 0.15) is 127 Å². The molecule has 41 heteroatoms. The summed E-state index contributed by atoms with van der Waals surface area (Å²) >= 11 is 0. The van der Waals surface area contributed by atoms with Crippen molar-refractivity contribution >= 4 is 83.4 Å². The fourth-order valence-electron chi connectivity index (χ4n) is 14.7. The van der Waals surface area contributed by atoms with Crippen LogP contribution in [-0.4, -0.2) is 283 Å². The zero-order valence-corrected chi connectivity index (χ0v) is 71.4. The van der Waals surface area contributed by atoms with E-state index in [1.807, 2.05) is 42.5 Å². The molecule has 5 aliphatic rings. The number of ether oxygens (including phenoxy) is 25. The van der Waals surface area contributed by atoms with Gasteiger partial charge in [0.25, 0.3) is 5.79 Å². The lowest BCUT2D eigenvalue weighted by Gasteiger charge is -2.53. The molecule has 41 nitrogen and oxygen atoms in total. The Kier molecular flexibility index (Phi) is 37.7. The Morgan fingerprint density at radius 3 is 1.25 bits per heavy atom. The van der Waals surface area contributed by atoms with Gasteiger partial charge in [-0.1, -0.05) is 91.0 Å². The van der Waals surface area contributed by atoms with Crippen molar-refractivity contribution in [2.24, 2.45) is 0 Å². The molecule has 3 aromatic carbocycles. The number of carbonyl (C=O) groups is 14. The number of carbonyl (C=O) groups excluding carboxylic acids is 14. The highest BCUT2D eigenvalue weighted by Gasteiger charge is 2.66. The van der Waals surface area contributed by atoms with Crippen LogP contribution in [-0.2, 0) is 205 Å². The smallest absolute Gasteiger partial charge is 0.366 e. The Hall–Kier alpha value is -10.3. The summed E-state index contributed by atoms with van der Waals surface area (Å²) in [6.07, 6.45) is -44.8. The molecule has 3 aromatic rings. The SMILES string of the molecule is CCO[C@@H]1O[C@H](COC(C)=O)[C@H](OC(C)=O)[C@H](O[C@@H]2O[C@H](COC(C)=O)[C@@H](O[C@@H]3O[C@H](COC(C)=O)[C@H](OC(C)=O)[C@H](O[C@]4(C(=O)OC)C[C@H](OC(C)=O)[C@@H](NC(C)=O)[C@H]([C@H](OC(C)=O)[C@@H](COC(C)=O)OC(C)=O)O4)[C@H]3OC(C)=O)[C@H](O[C@@H]3O[C@@H](C)[C@@H](OCc4ccccc4)[C@@H](OCc4ccccc4)[C@@H]3OCc3ccccc3)[C@H]2NC(C)=O)[C@H]1OC(C)=O. The van der Waals surface area contributed by atoms with Crippen LogP contribution in [0.3, 0.4) is 0 Å². The van der Waals surface area contributed by atoms with Gasteiger partial charge in [0.2, 0.25) is 11.8 Å². The van der Waals surface area contributed by atoms with Gasteiger partial charge in [0, 0.05) is 96.6 Å². The summed E-state index contributed by atoms with van der Waals surface area (Å²) in [6, 6.07) is 23.1. The minimum absolute atomic E-state index is 0.0212. The maximum Gasteiger partial charge on any atom is 0.366 e. The molecule has 0 aliphatic carbocycles. The van der Waals surface area contributed by atoms with Gasteiger partial charge in [0.05, 0.1) is 45.5 Å². The molecule has 0 unspecified atom stereocenters. The first-order valence-electron chi connectivity index (χ1n) is 39.8. The Balaban J connectivity index is 1.44. The van der Waals surface area contributed by atoms with Gasteiger partial charge in [0.1, 0.15) is 106 Å². The minimum Gasteiger partial charge on any atom is -0.465 e. The summed E-state index contributed by atoms with van der Waals surface area (Å²) < 4.78 is 158. The highest BCUT2D eigenvalue weighted by molar-refractivity contribution is 5.79. The van der Waals surface area contributed by atoms with Gasteiger partial charge < -0.3 is 129 Å². The third-order valence-corrected chi connectivity index (χ3v) is 19.4. The number of rotatable bonds is 39. The summed E-state index contributed by atoms with van der Waals surface area (Å²) in [5, 5.41) is 5.36. The fourth-order valence-corrected chi connectivity index (χ4v) is 14.7. The first-order valence-corrected chi connectivity index (χ1v) is 39.8. The van der Waals surface area contributed by atoms with E-state index in [4.69, 9.17) is 118 Å². The second kappa shape index (κ2) is 47.2. The second-order valence-corrected chi connectivity index (χ2v) is 29.3. The monoisotopic (exact) mass is 1760 g/mol. The lowest BCUT2D eigenvalue weighted by atomic mass is 9.87. The second-order valence-electron chi connectivity index (χ2n) is 29.3. The predicted molar refractivity (Wildman–Crippen MR) is 411 cm³/mol. The van der Waals surface area contributed by atoms with Gasteiger partial charge in [-0.2, -0.15) is 0 Å². The third-order valence-electron chi connectivity index (χ3n) is 19.4. The number of amides is 2. The summed E-state index contributed by atoms with van der Waals surface area (Å²) in [5.41, 5.74) is 2.01. The largest absolute Gasteiger partial charge is 0.465 e. The van der Waals surface area contributed by atoms with E-state index >= 15 is 4.79 Å². The van der Waals surface area contributed by atoms with E-state index in [2.05, 4.69) is 10.6 Å². The molecular formula is C83H108N2O39. The lowest BCUT2D eigenvalue weighted by molar-refractivity contribution is -0.399. The summed E-state index contributed by atoms with van der Waals surface area (Å²) in [6.45, 7) is 11.7. The van der Waals surface area contributed by atoms with Crippen LogP contribution in [0.25, 0.3) is 0 Å². The van der Waals surface area contributed by atoms with E-state index in [9.17, 15) is 62.3 Å². The first kappa shape index (κ1) is 99.1. The van der Waals surface area contributed by atoms with Crippen molar-refractivity contribution in [1.82, 2.24) is 10.6 Å². The predicted octanol–water partition coefficient (Wildman–Crippen LogP) is 2.68. The number of esters is 12. The van der Waals surface area contributed by atoms with Crippen LogP contribution >= 0.6 is 0 Å². The number of hydrogen-bond acceptors (Lipinski definition) is 39. The molecular weight excluding hydrogens is 1650 g/mol. The summed E-state index contributed by atoms with van der Waals surface area (Å²) in [7, 11) is 0.817. The van der Waals surface area contributed by atoms with Crippen LogP contribution in [0.4, 0.5) is 0 Å². The van der Waals surface area contributed by atoms with Crippen LogP contribution < -0.4 is 10.6 Å². The Morgan fingerprint density at radius 2 is 0.798 bits per heavy atom. The Bertz CT molecular complexity index is 4100. The molecule has 5 saturated heterocycles. The highest BCUT2D eigenvalue weighted by Crippen LogP contribution is 2.45. The van der Waals surface area contributed by atoms with Crippen molar-refractivity contribution in [2.75, 3.05) is 40.1 Å². The van der Waals surface area contributed by atoms with Crippen molar-refractivity contribution in [3.63, 3.8) is 0 Å². The van der Waals surface area contributed by atoms with E-state index in [0.29, 0.717) is 11.1 Å². The van der Waals surface area contributed by atoms with E-state index in [-0.39, 0.29) is 26.4 Å². The Labute approximate surface area is 713 Å². The zero-order chi connectivity index (χ0) is 90.8. The molecule has 0 radical (unpaired) electrons. The molecule has 8 rings (SSSR count). The maximum absolute atomic E-state index is 15.5. The van der Waals surface area contributed by atoms with Crippen LogP contribution in [0.2, 0.25) is 0 Å². The lowest BCUT2D eigenvalue weighted by Crippen LogP contribution is -2.73. The molecule has 2 amide bonds. The molecule has 0 aromatic heterocycles. The van der Waals surface area contributed by atoms with E-state index in [1.54, 1.807) is 62.4 Å². The normalized spacial score (nSPS) is 30.1. The minimum atomic E-state index is -3.31. The topological polar surface area (TPSA) is 494 Å². The van der Waals surface area contributed by atoms with Crippen LogP contribution in [0.15, 0.2) is 91.0 Å². The fraction of sp³-hybridized carbons (Fsp3) is 0.614. The van der Waals surface area contributed by atoms with Crippen molar-refractivity contribution < 1.29 is 186 Å². The number of nitrogens with one attached hydrogen (secondary N) is 2. The molecule has 5 fully saturated rings. The summed E-state index contributed by atoms with van der Waals surface area (Å²) in [5.74, 6) is -18.4. The van der Waals surface area contributed by atoms with Gasteiger partial charge in [-0.05, 0) is 30.5 Å². The van der Waals surface area contributed by atoms with Gasteiger partial charge in [0.15, 0.2) is 61.8 Å². The quantitative estimate of drug-likeness (QED) is 0.0612. The molecule has 0 saturated carbocycles. The number of methoxy groups -OCH3 is 1. The average Bonchev–Trinajstić information content (AvgIpc) is 0.738. The molecule has 5 aliphatic heterocycles. The number of benzene rings is 3. The van der Waals surface area contributed by atoms with Gasteiger partial charge in [-0.25, -0.2) is 4.79 Å². The molecule has 2 N–H and O–H groups in total. The molecule has 26 atom stereocenters. The van der Waals surface area contributed by atoms with Gasteiger partial charge in [-0.3, -0.25) is 62.3 Å². The van der Waals surface area contributed by atoms with Crippen molar-refractivity contribution in [3.8, 4) is 0 Å². The van der Waals surface area contributed by atoms with Crippen molar-refractivity contribution in [3.05, 3.63) is 108 Å². The molecule has 0 spiro atoms. The van der Waals surface area contributed by atoms with Crippen LogP contribution in [0, 0.1) is 0 Å². The van der Waals surface area contributed by atoms with Crippen molar-refractivity contribution in [1.29, 1.82) is 0 Å².